The van der Waals surface area contributed by atoms with Crippen LogP contribution in [0.4, 0.5) is 5.69 Å². The Morgan fingerprint density at radius 2 is 1.58 bits per heavy atom. The van der Waals surface area contributed by atoms with E-state index in [9.17, 15) is 14.4 Å². The molecule has 5 nitrogen and oxygen atoms in total. The van der Waals surface area contributed by atoms with Gasteiger partial charge in [-0.3, -0.25) is 14.4 Å². The first-order chi connectivity index (χ1) is 14.7. The topological polar surface area (TPSA) is 57.7 Å². The molecular weight excluding hydrogens is 412 g/mol. The molecule has 6 heteroatoms. The number of amides is 2. The predicted molar refractivity (Wildman–Crippen MR) is 119 cm³/mol. The SMILES string of the molecule is CC(C)(C)C(=O)C1C2C(=O)N(c3ccc(Cl)cc3)C(=O)C2C2c3ccccc3C=CN12. The first-order valence-electron chi connectivity index (χ1n) is 10.4. The summed E-state index contributed by atoms with van der Waals surface area (Å²) in [6, 6.07) is 13.5. The number of hydrogen-bond acceptors (Lipinski definition) is 4. The fourth-order valence-electron chi connectivity index (χ4n) is 5.15. The summed E-state index contributed by atoms with van der Waals surface area (Å²) in [5, 5.41) is 0.529. The number of nitrogens with zero attached hydrogens (tertiary/aromatic N) is 2. The smallest absolute Gasteiger partial charge is 0.240 e. The molecule has 2 saturated heterocycles. The van der Waals surface area contributed by atoms with E-state index >= 15 is 0 Å². The van der Waals surface area contributed by atoms with E-state index in [2.05, 4.69) is 0 Å². The Kier molecular flexibility index (Phi) is 4.38. The number of halogens is 1. The van der Waals surface area contributed by atoms with Crippen LogP contribution in [0.25, 0.3) is 6.08 Å². The third-order valence-electron chi connectivity index (χ3n) is 6.55. The molecule has 31 heavy (non-hydrogen) atoms. The molecule has 0 saturated carbocycles. The van der Waals surface area contributed by atoms with Crippen molar-refractivity contribution < 1.29 is 14.4 Å². The van der Waals surface area contributed by atoms with Crippen molar-refractivity contribution in [3.05, 3.63) is 70.9 Å². The van der Waals surface area contributed by atoms with E-state index in [0.29, 0.717) is 10.7 Å². The summed E-state index contributed by atoms with van der Waals surface area (Å²) in [6.07, 6.45) is 3.84. The number of carbonyl (C=O) groups excluding carboxylic acids is 3. The lowest BCUT2D eigenvalue weighted by Crippen LogP contribution is -2.47. The van der Waals surface area contributed by atoms with Crippen LogP contribution in [-0.4, -0.2) is 28.5 Å². The van der Waals surface area contributed by atoms with Crippen molar-refractivity contribution in [2.24, 2.45) is 17.3 Å². The monoisotopic (exact) mass is 434 g/mol. The van der Waals surface area contributed by atoms with Gasteiger partial charge in [0, 0.05) is 16.6 Å². The number of anilines is 1. The molecule has 3 heterocycles. The van der Waals surface area contributed by atoms with Crippen LogP contribution in [0.3, 0.4) is 0 Å². The number of ketones is 1. The van der Waals surface area contributed by atoms with E-state index in [-0.39, 0.29) is 23.6 Å². The molecule has 0 spiro atoms. The molecular formula is C25H23ClN2O3. The van der Waals surface area contributed by atoms with Gasteiger partial charge in [0.1, 0.15) is 6.04 Å². The standard InChI is InChI=1S/C25H23ClN2O3/c1-25(2,3)22(29)21-19-18(20-17-7-5-4-6-14(17)12-13-27(20)21)23(30)28(24(19)31)16-10-8-15(26)9-11-16/h4-13,18-21H,1-3H3. The fraction of sp³-hybridized carbons (Fsp3) is 0.320. The van der Waals surface area contributed by atoms with Crippen molar-refractivity contribution in [1.82, 2.24) is 4.90 Å². The zero-order valence-electron chi connectivity index (χ0n) is 17.6. The third-order valence-corrected chi connectivity index (χ3v) is 6.81. The van der Waals surface area contributed by atoms with Gasteiger partial charge in [0.2, 0.25) is 11.8 Å². The fourth-order valence-corrected chi connectivity index (χ4v) is 5.27. The van der Waals surface area contributed by atoms with E-state index in [0.717, 1.165) is 11.1 Å². The minimum atomic E-state index is -0.726. The van der Waals surface area contributed by atoms with Crippen LogP contribution >= 0.6 is 11.6 Å². The van der Waals surface area contributed by atoms with Crippen LogP contribution in [-0.2, 0) is 14.4 Å². The first kappa shape index (κ1) is 20.0. The van der Waals surface area contributed by atoms with E-state index in [1.54, 1.807) is 24.3 Å². The van der Waals surface area contributed by atoms with E-state index in [1.165, 1.54) is 4.90 Å². The van der Waals surface area contributed by atoms with E-state index in [1.807, 2.05) is 62.2 Å². The van der Waals surface area contributed by atoms with Crippen LogP contribution in [0.2, 0.25) is 5.02 Å². The Balaban J connectivity index is 1.66. The Morgan fingerprint density at radius 1 is 0.935 bits per heavy atom. The zero-order valence-corrected chi connectivity index (χ0v) is 18.3. The summed E-state index contributed by atoms with van der Waals surface area (Å²) in [4.78, 5) is 44.1. The molecule has 4 atom stereocenters. The van der Waals surface area contributed by atoms with Crippen molar-refractivity contribution in [3.63, 3.8) is 0 Å². The maximum Gasteiger partial charge on any atom is 0.240 e. The van der Waals surface area contributed by atoms with Crippen LogP contribution in [0.5, 0.6) is 0 Å². The second-order valence-corrected chi connectivity index (χ2v) is 9.87. The molecule has 0 N–H and O–H groups in total. The number of hydrogen-bond donors (Lipinski definition) is 0. The van der Waals surface area contributed by atoms with Gasteiger partial charge < -0.3 is 4.90 Å². The summed E-state index contributed by atoms with van der Waals surface area (Å²) in [5.74, 6) is -1.96. The van der Waals surface area contributed by atoms with Gasteiger partial charge in [-0.05, 0) is 41.5 Å². The molecule has 2 amide bonds. The average Bonchev–Trinajstić information content (AvgIpc) is 3.20. The highest BCUT2D eigenvalue weighted by Gasteiger charge is 2.65. The normalized spacial score (nSPS) is 26.7. The molecule has 0 radical (unpaired) electrons. The van der Waals surface area contributed by atoms with Gasteiger partial charge in [0.05, 0.1) is 23.6 Å². The molecule has 0 bridgehead atoms. The molecule has 0 aliphatic carbocycles. The van der Waals surface area contributed by atoms with Crippen LogP contribution in [0.1, 0.15) is 37.9 Å². The minimum absolute atomic E-state index is 0.0341. The second-order valence-electron chi connectivity index (χ2n) is 9.44. The van der Waals surface area contributed by atoms with Crippen LogP contribution < -0.4 is 4.90 Å². The summed E-state index contributed by atoms with van der Waals surface area (Å²) in [6.45, 7) is 5.58. The van der Waals surface area contributed by atoms with Gasteiger partial charge >= 0.3 is 0 Å². The average molecular weight is 435 g/mol. The number of fused-ring (bicyclic) bond motifs is 5. The Hall–Kier alpha value is -2.92. The third kappa shape index (κ3) is 2.87. The largest absolute Gasteiger partial charge is 0.359 e. The molecule has 158 valence electrons. The molecule has 5 rings (SSSR count). The van der Waals surface area contributed by atoms with Crippen molar-refractivity contribution in [2.45, 2.75) is 32.9 Å². The van der Waals surface area contributed by atoms with Crippen molar-refractivity contribution >= 4 is 41.0 Å². The molecule has 2 fully saturated rings. The lowest BCUT2D eigenvalue weighted by Gasteiger charge is -2.37. The van der Waals surface area contributed by atoms with Gasteiger partial charge in [-0.15, -0.1) is 0 Å². The summed E-state index contributed by atoms with van der Waals surface area (Å²) in [7, 11) is 0. The van der Waals surface area contributed by atoms with Crippen molar-refractivity contribution in [1.29, 1.82) is 0 Å². The van der Waals surface area contributed by atoms with Crippen molar-refractivity contribution in [3.8, 4) is 0 Å². The molecule has 3 aliphatic heterocycles. The van der Waals surface area contributed by atoms with Gasteiger partial charge in [-0.2, -0.15) is 0 Å². The lowest BCUT2D eigenvalue weighted by molar-refractivity contribution is -0.135. The number of carbonyl (C=O) groups is 3. The highest BCUT2D eigenvalue weighted by atomic mass is 35.5. The Labute approximate surface area is 186 Å². The quantitative estimate of drug-likeness (QED) is 0.654. The molecule has 2 aromatic carbocycles. The summed E-state index contributed by atoms with van der Waals surface area (Å²) >= 11 is 6.00. The molecule has 2 aromatic rings. The van der Waals surface area contributed by atoms with E-state index < -0.39 is 23.3 Å². The highest BCUT2D eigenvalue weighted by molar-refractivity contribution is 6.31. The second kappa shape index (κ2) is 6.79. The lowest BCUT2D eigenvalue weighted by atomic mass is 9.79. The van der Waals surface area contributed by atoms with Gasteiger partial charge in [-0.25, -0.2) is 4.90 Å². The van der Waals surface area contributed by atoms with Gasteiger partial charge in [0.15, 0.2) is 5.78 Å². The maximum atomic E-state index is 13.7. The van der Waals surface area contributed by atoms with Gasteiger partial charge in [0.25, 0.3) is 0 Å². The van der Waals surface area contributed by atoms with E-state index in [4.69, 9.17) is 11.6 Å². The highest BCUT2D eigenvalue weighted by Crippen LogP contribution is 2.54. The molecule has 0 aromatic heterocycles. The number of imide groups is 1. The van der Waals surface area contributed by atoms with Gasteiger partial charge in [-0.1, -0.05) is 56.6 Å². The number of benzene rings is 2. The van der Waals surface area contributed by atoms with Crippen LogP contribution in [0.15, 0.2) is 54.7 Å². The number of rotatable bonds is 2. The Bertz CT molecular complexity index is 1130. The summed E-state index contributed by atoms with van der Waals surface area (Å²) < 4.78 is 0. The Morgan fingerprint density at radius 3 is 2.26 bits per heavy atom. The number of Topliss-reactive ketones (excluding diaryl/α,β-unsaturated/α-hetero) is 1. The molecule has 4 unspecified atom stereocenters. The van der Waals surface area contributed by atoms with Crippen molar-refractivity contribution in [2.75, 3.05) is 4.90 Å². The zero-order chi connectivity index (χ0) is 22.1. The predicted octanol–water partition coefficient (Wildman–Crippen LogP) is 4.47. The first-order valence-corrected chi connectivity index (χ1v) is 10.8. The summed E-state index contributed by atoms with van der Waals surface area (Å²) in [5.41, 5.74) is 1.83. The van der Waals surface area contributed by atoms with Crippen LogP contribution in [0, 0.1) is 17.3 Å². The minimum Gasteiger partial charge on any atom is -0.359 e. The maximum absolute atomic E-state index is 13.7. The molecule has 3 aliphatic rings.